The van der Waals surface area contributed by atoms with Gasteiger partial charge in [-0.2, -0.15) is 10.2 Å². The van der Waals surface area contributed by atoms with Crippen LogP contribution in [0.3, 0.4) is 0 Å². The Labute approximate surface area is 139 Å². The number of phenolic OH excluding ortho intramolecular Hbond substituents is 1. The van der Waals surface area contributed by atoms with Crippen molar-refractivity contribution in [2.45, 2.75) is 43.8 Å². The molecule has 1 heterocycles. The Morgan fingerprint density at radius 3 is 2.58 bits per heavy atom. The first-order valence-corrected chi connectivity index (χ1v) is 7.62. The quantitative estimate of drug-likeness (QED) is 0.600. The molecule has 0 radical (unpaired) electrons. The van der Waals surface area contributed by atoms with E-state index in [0.717, 1.165) is 0 Å². The largest absolute Gasteiger partial charge is 0.508 e. The van der Waals surface area contributed by atoms with Gasteiger partial charge in [0.05, 0.1) is 0 Å². The monoisotopic (exact) mass is 329 g/mol. The maximum Gasteiger partial charge on any atom is 0.326 e. The lowest BCUT2D eigenvalue weighted by Crippen LogP contribution is -2.42. The molecule has 1 aliphatic heterocycles. The van der Waals surface area contributed by atoms with Crippen LogP contribution in [0.5, 0.6) is 5.75 Å². The van der Waals surface area contributed by atoms with E-state index in [0.29, 0.717) is 24.8 Å². The standard InChI is InChI=1S/C17H19N3O4/c1-2-3-9-17(19-20-17)10-8-15(22)18-13(16(23)24)11-12-6-4-5-7-14(12)21/h1,4-7,13,21H,3,8-11H2,(H,18,22)(H,23,24). The fourth-order valence-corrected chi connectivity index (χ4v) is 2.35. The maximum atomic E-state index is 12.0. The van der Waals surface area contributed by atoms with Gasteiger partial charge in [-0.25, -0.2) is 4.79 Å². The number of terminal acetylenes is 1. The second-order valence-corrected chi connectivity index (χ2v) is 5.68. The van der Waals surface area contributed by atoms with Gasteiger partial charge in [-0.1, -0.05) is 18.2 Å². The summed E-state index contributed by atoms with van der Waals surface area (Å²) in [6.07, 6.45) is 6.85. The van der Waals surface area contributed by atoms with Crippen LogP contribution in [-0.4, -0.2) is 33.8 Å². The van der Waals surface area contributed by atoms with Gasteiger partial charge in [-0.15, -0.1) is 12.3 Å². The molecule has 126 valence electrons. The fourth-order valence-electron chi connectivity index (χ4n) is 2.35. The first kappa shape index (κ1) is 17.5. The number of carboxylic acids is 1. The molecule has 1 aromatic rings. The highest BCUT2D eigenvalue weighted by Crippen LogP contribution is 2.37. The smallest absolute Gasteiger partial charge is 0.326 e. The van der Waals surface area contributed by atoms with Crippen molar-refractivity contribution in [1.82, 2.24) is 5.32 Å². The molecule has 1 amide bonds. The normalized spacial score (nSPS) is 15.3. The number of rotatable bonds is 9. The number of carboxylic acid groups (broad SMARTS) is 1. The van der Waals surface area contributed by atoms with Crippen LogP contribution in [-0.2, 0) is 16.0 Å². The zero-order valence-electron chi connectivity index (χ0n) is 13.1. The fraction of sp³-hybridized carbons (Fsp3) is 0.412. The lowest BCUT2D eigenvalue weighted by Gasteiger charge is -2.16. The molecular weight excluding hydrogens is 310 g/mol. The van der Waals surface area contributed by atoms with Crippen molar-refractivity contribution >= 4 is 11.9 Å². The van der Waals surface area contributed by atoms with E-state index in [2.05, 4.69) is 21.5 Å². The summed E-state index contributed by atoms with van der Waals surface area (Å²) in [7, 11) is 0. The highest BCUT2D eigenvalue weighted by Gasteiger charge is 2.39. The highest BCUT2D eigenvalue weighted by atomic mass is 16.4. The van der Waals surface area contributed by atoms with Crippen LogP contribution < -0.4 is 5.32 Å². The highest BCUT2D eigenvalue weighted by molar-refractivity contribution is 5.83. The van der Waals surface area contributed by atoms with Crippen molar-refractivity contribution in [3.63, 3.8) is 0 Å². The van der Waals surface area contributed by atoms with Crippen molar-refractivity contribution in [1.29, 1.82) is 0 Å². The van der Waals surface area contributed by atoms with Crippen LogP contribution in [0.1, 0.15) is 31.2 Å². The molecule has 24 heavy (non-hydrogen) atoms. The molecule has 0 aromatic heterocycles. The molecule has 0 bridgehead atoms. The van der Waals surface area contributed by atoms with Crippen LogP contribution >= 0.6 is 0 Å². The van der Waals surface area contributed by atoms with Gasteiger partial charge in [-0.3, -0.25) is 4.79 Å². The van der Waals surface area contributed by atoms with E-state index < -0.39 is 23.6 Å². The van der Waals surface area contributed by atoms with Crippen LogP contribution in [0, 0.1) is 12.3 Å². The molecule has 2 rings (SSSR count). The number of amides is 1. The Morgan fingerprint density at radius 1 is 1.29 bits per heavy atom. The van der Waals surface area contributed by atoms with Gasteiger partial charge < -0.3 is 15.5 Å². The molecule has 1 unspecified atom stereocenters. The molecule has 1 atom stereocenters. The maximum absolute atomic E-state index is 12.0. The average molecular weight is 329 g/mol. The number of hydrogen-bond donors (Lipinski definition) is 3. The van der Waals surface area contributed by atoms with E-state index in [4.69, 9.17) is 6.42 Å². The number of nitrogens with zero attached hydrogens (tertiary/aromatic N) is 2. The number of carbonyl (C=O) groups excluding carboxylic acids is 1. The number of nitrogens with one attached hydrogen (secondary N) is 1. The average Bonchev–Trinajstić information content (AvgIpc) is 3.33. The van der Waals surface area contributed by atoms with Gasteiger partial charge in [0.25, 0.3) is 0 Å². The number of benzene rings is 1. The van der Waals surface area contributed by atoms with E-state index in [-0.39, 0.29) is 18.6 Å². The van der Waals surface area contributed by atoms with E-state index in [9.17, 15) is 19.8 Å². The number of aliphatic carboxylic acids is 1. The summed E-state index contributed by atoms with van der Waals surface area (Å²) in [5.41, 5.74) is -0.108. The van der Waals surface area contributed by atoms with E-state index in [1.54, 1.807) is 18.2 Å². The van der Waals surface area contributed by atoms with Gasteiger partial charge in [0.1, 0.15) is 11.8 Å². The molecule has 1 aromatic carbocycles. The van der Waals surface area contributed by atoms with Crippen LogP contribution in [0.25, 0.3) is 0 Å². The minimum Gasteiger partial charge on any atom is -0.508 e. The third-order valence-electron chi connectivity index (χ3n) is 3.85. The van der Waals surface area contributed by atoms with Crippen molar-refractivity contribution < 1.29 is 19.8 Å². The van der Waals surface area contributed by atoms with Crippen LogP contribution in [0.2, 0.25) is 0 Å². The summed E-state index contributed by atoms with van der Waals surface area (Å²) in [4.78, 5) is 23.4. The Morgan fingerprint density at radius 2 is 2.00 bits per heavy atom. The number of carbonyl (C=O) groups is 2. The molecular formula is C17H19N3O4. The Hall–Kier alpha value is -2.88. The number of para-hydroxylation sites is 1. The molecule has 0 saturated heterocycles. The predicted molar refractivity (Wildman–Crippen MR) is 86.3 cm³/mol. The van der Waals surface area contributed by atoms with E-state index >= 15 is 0 Å². The number of phenols is 1. The minimum atomic E-state index is -1.16. The SMILES string of the molecule is C#CCCC1(CCC(=O)NC(Cc2ccccc2O)C(=O)O)N=N1. The molecule has 0 spiro atoms. The number of hydrogen-bond acceptors (Lipinski definition) is 5. The summed E-state index contributed by atoms with van der Waals surface area (Å²) in [6.45, 7) is 0. The summed E-state index contributed by atoms with van der Waals surface area (Å²) >= 11 is 0. The summed E-state index contributed by atoms with van der Waals surface area (Å²) in [5.74, 6) is 0.960. The molecule has 0 aliphatic carbocycles. The third kappa shape index (κ3) is 4.81. The molecule has 0 fully saturated rings. The third-order valence-corrected chi connectivity index (χ3v) is 3.85. The first-order valence-electron chi connectivity index (χ1n) is 7.62. The summed E-state index contributed by atoms with van der Waals surface area (Å²) < 4.78 is 0. The van der Waals surface area contributed by atoms with Gasteiger partial charge >= 0.3 is 5.97 Å². The van der Waals surface area contributed by atoms with E-state index in [1.165, 1.54) is 6.07 Å². The van der Waals surface area contributed by atoms with Crippen molar-refractivity contribution in [3.8, 4) is 18.1 Å². The first-order chi connectivity index (χ1) is 11.5. The van der Waals surface area contributed by atoms with Crippen LogP contribution in [0.4, 0.5) is 0 Å². The lowest BCUT2D eigenvalue weighted by molar-refractivity contribution is -0.141. The van der Waals surface area contributed by atoms with Gasteiger partial charge in [0, 0.05) is 32.1 Å². The molecule has 1 aliphatic rings. The second-order valence-electron chi connectivity index (χ2n) is 5.68. The van der Waals surface area contributed by atoms with Gasteiger partial charge in [0.15, 0.2) is 5.66 Å². The second kappa shape index (κ2) is 7.59. The Bertz CT molecular complexity index is 687. The topological polar surface area (TPSA) is 111 Å². The van der Waals surface area contributed by atoms with Gasteiger partial charge in [0.2, 0.25) is 5.91 Å². The zero-order chi connectivity index (χ0) is 17.6. The molecule has 3 N–H and O–H groups in total. The Balaban J connectivity index is 1.87. The molecule has 7 nitrogen and oxygen atoms in total. The van der Waals surface area contributed by atoms with Crippen molar-refractivity contribution in [3.05, 3.63) is 29.8 Å². The summed E-state index contributed by atoms with van der Waals surface area (Å²) in [6, 6.07) is 5.32. The zero-order valence-corrected chi connectivity index (χ0v) is 13.1. The summed E-state index contributed by atoms with van der Waals surface area (Å²) in [5, 5.41) is 29.4. The van der Waals surface area contributed by atoms with Crippen molar-refractivity contribution in [2.24, 2.45) is 10.2 Å². The predicted octanol–water partition coefficient (Wildman–Crippen LogP) is 1.86. The van der Waals surface area contributed by atoms with Gasteiger partial charge in [-0.05, 0) is 11.6 Å². The van der Waals surface area contributed by atoms with E-state index in [1.807, 2.05) is 0 Å². The van der Waals surface area contributed by atoms with Crippen molar-refractivity contribution in [2.75, 3.05) is 0 Å². The Kier molecular flexibility index (Phi) is 5.53. The molecule has 0 saturated carbocycles. The lowest BCUT2D eigenvalue weighted by atomic mass is 10.0. The minimum absolute atomic E-state index is 0.00168. The van der Waals surface area contributed by atoms with Crippen LogP contribution in [0.15, 0.2) is 34.5 Å². The number of aromatic hydroxyl groups is 1. The molecule has 7 heteroatoms.